The molecule has 0 aliphatic heterocycles. The molecule has 0 amide bonds. The van der Waals surface area contributed by atoms with Crippen molar-refractivity contribution in [3.63, 3.8) is 0 Å². The minimum Gasteiger partial charge on any atom is -0.394 e. The molecule has 5 heteroatoms. The van der Waals surface area contributed by atoms with Gasteiger partial charge in [-0.25, -0.2) is 4.68 Å². The molecule has 0 unspecified atom stereocenters. The highest BCUT2D eigenvalue weighted by Crippen LogP contribution is 2.35. The van der Waals surface area contributed by atoms with Crippen molar-refractivity contribution in [1.82, 2.24) is 14.7 Å². The van der Waals surface area contributed by atoms with E-state index in [9.17, 15) is 0 Å². The van der Waals surface area contributed by atoms with E-state index in [0.717, 1.165) is 23.7 Å². The Balaban J connectivity index is 2.18. The summed E-state index contributed by atoms with van der Waals surface area (Å²) in [4.78, 5) is 2.37. The lowest BCUT2D eigenvalue weighted by Gasteiger charge is -2.37. The van der Waals surface area contributed by atoms with Crippen LogP contribution in [0.4, 0.5) is 11.5 Å². The van der Waals surface area contributed by atoms with Gasteiger partial charge in [-0.15, -0.1) is 0 Å². The van der Waals surface area contributed by atoms with Gasteiger partial charge in [0.25, 0.3) is 0 Å². The largest absolute Gasteiger partial charge is 0.394 e. The average molecular weight is 279 g/mol. The first-order chi connectivity index (χ1) is 9.37. The molecule has 0 atom stereocenters. The van der Waals surface area contributed by atoms with Crippen LogP contribution in [-0.2, 0) is 0 Å². The van der Waals surface area contributed by atoms with Gasteiger partial charge in [-0.3, -0.25) is 0 Å². The number of hydrogen-bond acceptors (Lipinski definition) is 4. The van der Waals surface area contributed by atoms with Gasteiger partial charge >= 0.3 is 0 Å². The van der Waals surface area contributed by atoms with Crippen molar-refractivity contribution < 1.29 is 0 Å². The molecule has 3 N–H and O–H groups in total. The van der Waals surface area contributed by atoms with Crippen LogP contribution < -0.4 is 11.1 Å². The smallest absolute Gasteiger partial charge is 0.148 e. The summed E-state index contributed by atoms with van der Waals surface area (Å²) in [6.07, 6.45) is 5.14. The summed E-state index contributed by atoms with van der Waals surface area (Å²) in [7, 11) is 4.36. The third-order valence-corrected chi connectivity index (χ3v) is 4.69. The van der Waals surface area contributed by atoms with E-state index in [1.165, 1.54) is 25.7 Å². The molecule has 20 heavy (non-hydrogen) atoms. The van der Waals surface area contributed by atoms with Crippen LogP contribution in [0.1, 0.15) is 51.3 Å². The van der Waals surface area contributed by atoms with Crippen molar-refractivity contribution in [1.29, 1.82) is 0 Å². The van der Waals surface area contributed by atoms with Crippen molar-refractivity contribution in [2.45, 2.75) is 58.0 Å². The first-order valence-electron chi connectivity index (χ1n) is 7.63. The average Bonchev–Trinajstić information content (AvgIpc) is 2.95. The Morgan fingerprint density at radius 2 is 1.95 bits per heavy atom. The van der Waals surface area contributed by atoms with Crippen molar-refractivity contribution in [2.75, 3.05) is 31.7 Å². The molecule has 1 aromatic rings. The summed E-state index contributed by atoms with van der Waals surface area (Å²) >= 11 is 0. The number of rotatable bonds is 5. The van der Waals surface area contributed by atoms with E-state index in [4.69, 9.17) is 5.73 Å². The Labute approximate surface area is 122 Å². The molecule has 0 saturated heterocycles. The lowest BCUT2D eigenvalue weighted by molar-refractivity contribution is 0.172. The van der Waals surface area contributed by atoms with Crippen molar-refractivity contribution >= 4 is 11.5 Å². The number of nitrogens with two attached hydrogens (primary N) is 1. The van der Waals surface area contributed by atoms with Crippen LogP contribution in [0.15, 0.2) is 0 Å². The number of aryl methyl sites for hydroxylation is 1. The molecule has 5 nitrogen and oxygen atoms in total. The van der Waals surface area contributed by atoms with Crippen molar-refractivity contribution in [3.05, 3.63) is 5.69 Å². The second kappa shape index (κ2) is 5.64. The fourth-order valence-electron chi connectivity index (χ4n) is 3.17. The molecule has 1 aliphatic carbocycles. The Bertz CT molecular complexity index is 455. The minimum atomic E-state index is 0.256. The van der Waals surface area contributed by atoms with E-state index in [1.807, 2.05) is 11.6 Å². The second-order valence-electron chi connectivity index (χ2n) is 6.57. The van der Waals surface area contributed by atoms with Crippen LogP contribution in [0, 0.1) is 6.92 Å². The number of nitrogen functional groups attached to an aromatic ring is 1. The third kappa shape index (κ3) is 2.64. The number of anilines is 2. The molecule has 114 valence electrons. The van der Waals surface area contributed by atoms with Gasteiger partial charge < -0.3 is 16.0 Å². The summed E-state index contributed by atoms with van der Waals surface area (Å²) in [6.45, 7) is 7.17. The van der Waals surface area contributed by atoms with Crippen LogP contribution in [0.5, 0.6) is 0 Å². The zero-order valence-electron chi connectivity index (χ0n) is 13.5. The van der Waals surface area contributed by atoms with Crippen LogP contribution in [0.2, 0.25) is 0 Å². The quantitative estimate of drug-likeness (QED) is 0.870. The molecular weight excluding hydrogens is 250 g/mol. The van der Waals surface area contributed by atoms with Gasteiger partial charge in [0.05, 0.1) is 11.4 Å². The summed E-state index contributed by atoms with van der Waals surface area (Å²) in [5, 5.41) is 8.12. The highest BCUT2D eigenvalue weighted by molar-refractivity contribution is 5.65. The summed E-state index contributed by atoms with van der Waals surface area (Å²) < 4.78 is 2.00. The van der Waals surface area contributed by atoms with E-state index >= 15 is 0 Å². The summed E-state index contributed by atoms with van der Waals surface area (Å²) in [6, 6.07) is 0.312. The van der Waals surface area contributed by atoms with Crippen molar-refractivity contribution in [2.24, 2.45) is 0 Å². The minimum absolute atomic E-state index is 0.256. The maximum Gasteiger partial charge on any atom is 0.148 e. The number of hydrogen-bond donors (Lipinski definition) is 2. The third-order valence-electron chi connectivity index (χ3n) is 4.69. The first-order valence-corrected chi connectivity index (χ1v) is 7.63. The topological polar surface area (TPSA) is 59.1 Å². The van der Waals surface area contributed by atoms with Gasteiger partial charge in [0.1, 0.15) is 5.82 Å². The van der Waals surface area contributed by atoms with Crippen molar-refractivity contribution in [3.8, 4) is 0 Å². The molecule has 1 fully saturated rings. The van der Waals surface area contributed by atoms with Gasteiger partial charge in [-0.05, 0) is 47.7 Å². The number of aromatic nitrogens is 2. The lowest BCUT2D eigenvalue weighted by Crippen LogP contribution is -2.47. The molecule has 0 bridgehead atoms. The second-order valence-corrected chi connectivity index (χ2v) is 6.57. The summed E-state index contributed by atoms with van der Waals surface area (Å²) in [5.74, 6) is 0.977. The zero-order chi connectivity index (χ0) is 14.9. The van der Waals surface area contributed by atoms with E-state index < -0.39 is 0 Å². The zero-order valence-corrected chi connectivity index (χ0v) is 13.5. The van der Waals surface area contributed by atoms with Gasteiger partial charge in [0.15, 0.2) is 0 Å². The number of likely N-dealkylation sites (N-methyl/N-ethyl adjacent to an activating group) is 1. The maximum absolute atomic E-state index is 6.19. The van der Waals surface area contributed by atoms with Gasteiger partial charge in [0.2, 0.25) is 0 Å². The van der Waals surface area contributed by atoms with Crippen LogP contribution >= 0.6 is 0 Å². The van der Waals surface area contributed by atoms with E-state index in [0.29, 0.717) is 6.04 Å². The number of nitrogens with zero attached hydrogens (tertiary/aromatic N) is 3. The van der Waals surface area contributed by atoms with E-state index in [2.05, 4.69) is 43.3 Å². The fraction of sp³-hybridized carbons (Fsp3) is 0.800. The van der Waals surface area contributed by atoms with E-state index in [1.54, 1.807) is 0 Å². The molecule has 1 aliphatic rings. The lowest BCUT2D eigenvalue weighted by atomic mass is 9.96. The predicted molar refractivity (Wildman–Crippen MR) is 85.1 cm³/mol. The highest BCUT2D eigenvalue weighted by atomic mass is 15.4. The molecular formula is C15H29N5. The Morgan fingerprint density at radius 3 is 2.45 bits per heavy atom. The fourth-order valence-corrected chi connectivity index (χ4v) is 3.17. The summed E-state index contributed by atoms with van der Waals surface area (Å²) in [5.41, 5.74) is 8.13. The Hall–Kier alpha value is -1.23. The van der Waals surface area contributed by atoms with Gasteiger partial charge in [-0.1, -0.05) is 12.8 Å². The molecule has 1 aromatic heterocycles. The SMILES string of the molecule is Cc1nn(C(C)C)c(NCC2(N(C)C)CCCC2)c1N. The molecule has 0 radical (unpaired) electrons. The molecule has 0 aromatic carbocycles. The Kier molecular flexibility index (Phi) is 4.28. The predicted octanol–water partition coefficient (Wildman–Crippen LogP) is 2.64. The molecule has 1 heterocycles. The molecule has 0 spiro atoms. The maximum atomic E-state index is 6.19. The standard InChI is InChI=1S/C15H29N5/c1-11(2)20-14(13(16)12(3)18-20)17-10-15(19(4)5)8-6-7-9-15/h11,17H,6-10,16H2,1-5H3. The first kappa shape index (κ1) is 15.2. The highest BCUT2D eigenvalue weighted by Gasteiger charge is 2.36. The monoisotopic (exact) mass is 279 g/mol. The van der Waals surface area contributed by atoms with Crippen LogP contribution in [0.25, 0.3) is 0 Å². The Morgan fingerprint density at radius 1 is 1.35 bits per heavy atom. The normalized spacial score (nSPS) is 18.1. The van der Waals surface area contributed by atoms with Crippen LogP contribution in [-0.4, -0.2) is 40.9 Å². The molecule has 1 saturated carbocycles. The number of nitrogens with one attached hydrogen (secondary N) is 1. The van der Waals surface area contributed by atoms with Gasteiger partial charge in [-0.2, -0.15) is 5.10 Å². The van der Waals surface area contributed by atoms with Crippen LogP contribution in [0.3, 0.4) is 0 Å². The molecule has 2 rings (SSSR count). The van der Waals surface area contributed by atoms with E-state index in [-0.39, 0.29) is 5.54 Å². The van der Waals surface area contributed by atoms with Gasteiger partial charge in [0, 0.05) is 18.1 Å².